The molecule has 1 amide bonds. The highest BCUT2D eigenvalue weighted by Gasteiger charge is 2.45. The van der Waals surface area contributed by atoms with Crippen molar-refractivity contribution >= 4 is 72.7 Å². The van der Waals surface area contributed by atoms with E-state index in [0.29, 0.717) is 92.0 Å². The van der Waals surface area contributed by atoms with Crippen molar-refractivity contribution in [2.45, 2.75) is 173 Å². The second-order valence-corrected chi connectivity index (χ2v) is 26.6. The number of nitrogens with one attached hydrogen (secondary N) is 5. The van der Waals surface area contributed by atoms with Crippen molar-refractivity contribution < 1.29 is 132 Å². The molecule has 610 valence electrons. The molecule has 1 unspecified atom stereocenters. The quantitative estimate of drug-likeness (QED) is 0.0853. The molecule has 8 heterocycles. The Balaban J connectivity index is 0.000000161. The summed E-state index contributed by atoms with van der Waals surface area (Å²) in [6, 6.07) is 5.61. The summed E-state index contributed by atoms with van der Waals surface area (Å²) in [6.07, 6.45) is -37.0. The standard InChI is InChI=1S/C15H9F8N3.C15H13F6N3O.C14H13F6N.C14H16F3N3.C12H10F6N2/c1-13(16,17)10-2-6(5-24-10)12-25-9-4-7(14(18,19)20)3-8(11(9)26-12)15(21,22)23;16-14(17,18)8-5-9(15(19,20)21)13-10(6-8)22-11(23-13)7-24-4-2-1-3-12(24)25;1-2-3-4-9-7-10-11(14(18,19)20)5-8(13(15,16)17)6-12(10)21-9;1-7-3-9(14(15,16)17)12-10(4-7)19-13(20-12)11-5-8(2)6-18-11;1-2-3-9-19-8-5-6(11(13,14)15)4-7(10(8)20-9)12(16,17)18/h2-4H,5H2,1H3,(H,25,26);5-6H,1-4,7H2,(H,22,23);5-6H,2-4,7H2,1H3;3-4,8,11,18H,5-6H2,1-2H3,(H,19,20);4-5H,2-3H2,1H3,(H,19,20)/t;;;8-,11?;/m...1./s1. The Morgan fingerprint density at radius 3 is 1.40 bits per heavy atom. The van der Waals surface area contributed by atoms with Crippen molar-refractivity contribution in [3.63, 3.8) is 0 Å². The predicted octanol–water partition coefficient (Wildman–Crippen LogP) is 22.9. The van der Waals surface area contributed by atoms with Gasteiger partial charge in [-0.25, -0.2) is 19.9 Å². The number of alkyl halides is 29. The number of unbranched alkanes of at least 4 members (excludes halogenated alkanes) is 1. The van der Waals surface area contributed by atoms with E-state index in [9.17, 15) is 132 Å². The Morgan fingerprint density at radius 1 is 0.491 bits per heavy atom. The number of rotatable bonds is 10. The first-order chi connectivity index (χ1) is 51.4. The van der Waals surface area contributed by atoms with Crippen LogP contribution in [0.25, 0.3) is 49.7 Å². The van der Waals surface area contributed by atoms with E-state index in [0.717, 1.165) is 50.8 Å². The molecule has 0 saturated carbocycles. The zero-order chi connectivity index (χ0) is 83.4. The van der Waals surface area contributed by atoms with Crippen molar-refractivity contribution in [1.82, 2.24) is 50.1 Å². The molecule has 112 heavy (non-hydrogen) atoms. The van der Waals surface area contributed by atoms with Crippen LogP contribution in [0.1, 0.15) is 170 Å². The minimum Gasteiger partial charge on any atom is -0.342 e. The Morgan fingerprint density at radius 2 is 0.946 bits per heavy atom. The summed E-state index contributed by atoms with van der Waals surface area (Å²) >= 11 is 0. The number of aryl methyl sites for hydroxylation is 2. The number of hydrogen-bond acceptors (Lipinski definition) is 8. The summed E-state index contributed by atoms with van der Waals surface area (Å²) in [4.78, 5) is 46.5. The number of allylic oxidation sites excluding steroid dienone is 1. The van der Waals surface area contributed by atoms with Crippen molar-refractivity contribution in [2.24, 2.45) is 15.9 Å². The van der Waals surface area contributed by atoms with Gasteiger partial charge in [-0.15, -0.1) is 0 Å². The fourth-order valence-electron chi connectivity index (χ4n) is 12.3. The third-order valence-corrected chi connectivity index (χ3v) is 17.6. The van der Waals surface area contributed by atoms with Gasteiger partial charge in [-0.3, -0.25) is 14.8 Å². The second kappa shape index (κ2) is 31.8. The maximum atomic E-state index is 13.2. The number of halogens is 29. The van der Waals surface area contributed by atoms with E-state index in [4.69, 9.17) is 0 Å². The number of H-pyrrole nitrogens is 4. The van der Waals surface area contributed by atoms with Gasteiger partial charge in [-0.2, -0.15) is 127 Å². The van der Waals surface area contributed by atoms with E-state index in [-0.39, 0.29) is 107 Å². The van der Waals surface area contributed by atoms with Crippen LogP contribution in [0.5, 0.6) is 0 Å². The smallest absolute Gasteiger partial charge is 0.342 e. The Labute approximate surface area is 613 Å². The first-order valence-corrected chi connectivity index (χ1v) is 33.5. The van der Waals surface area contributed by atoms with Gasteiger partial charge in [0.05, 0.1) is 97.0 Å². The number of piperidine rings is 1. The van der Waals surface area contributed by atoms with Crippen LogP contribution in [0, 0.1) is 12.8 Å². The van der Waals surface area contributed by atoms with Crippen LogP contribution in [-0.4, -0.2) is 87.7 Å². The van der Waals surface area contributed by atoms with Crippen LogP contribution >= 0.6 is 0 Å². The number of aromatic amines is 4. The third-order valence-electron chi connectivity index (χ3n) is 17.6. The van der Waals surface area contributed by atoms with E-state index in [1.54, 1.807) is 19.9 Å². The predicted molar refractivity (Wildman–Crippen MR) is 350 cm³/mol. The molecule has 2 saturated heterocycles. The maximum absolute atomic E-state index is 13.2. The van der Waals surface area contributed by atoms with Crippen LogP contribution in [0.3, 0.4) is 0 Å². The average Bonchev–Trinajstić information content (AvgIpc) is 1.59. The zero-order valence-corrected chi connectivity index (χ0v) is 58.4. The molecule has 0 radical (unpaired) electrons. The summed E-state index contributed by atoms with van der Waals surface area (Å²) in [6.45, 7) is 9.05. The maximum Gasteiger partial charge on any atom is 0.418 e. The van der Waals surface area contributed by atoms with Gasteiger partial charge in [0.25, 0.3) is 5.92 Å². The summed E-state index contributed by atoms with van der Waals surface area (Å²) < 4.78 is 375. The Kier molecular flexibility index (Phi) is 24.5. The molecule has 4 aliphatic heterocycles. The topological polar surface area (TPSA) is 172 Å². The molecular formula is C70H61F29N12O. The number of fused-ring (bicyclic) bond motifs is 5. The summed E-state index contributed by atoms with van der Waals surface area (Å²) in [5, 5.41) is 3.28. The highest BCUT2D eigenvalue weighted by Crippen LogP contribution is 2.47. The van der Waals surface area contributed by atoms with Gasteiger partial charge in [0.15, 0.2) is 0 Å². The molecule has 9 aromatic rings. The van der Waals surface area contributed by atoms with Crippen molar-refractivity contribution in [1.29, 1.82) is 0 Å². The first-order valence-electron chi connectivity index (χ1n) is 33.5. The zero-order valence-electron chi connectivity index (χ0n) is 58.4. The van der Waals surface area contributed by atoms with Gasteiger partial charge in [0, 0.05) is 44.0 Å². The number of hydrogen-bond donors (Lipinski definition) is 5. The number of amides is 1. The van der Waals surface area contributed by atoms with Crippen LogP contribution in [0.4, 0.5) is 133 Å². The molecule has 13 rings (SSSR count). The largest absolute Gasteiger partial charge is 0.418 e. The fraction of sp³-hybridized carbons (Fsp3) is 0.443. The van der Waals surface area contributed by atoms with E-state index < -0.39 is 139 Å². The lowest BCUT2D eigenvalue weighted by atomic mass is 9.98. The molecule has 13 nitrogen and oxygen atoms in total. The number of carbonyl (C=O) groups is 1. The third kappa shape index (κ3) is 20.8. The molecule has 2 fully saturated rings. The van der Waals surface area contributed by atoms with Crippen molar-refractivity contribution in [3.05, 3.63) is 151 Å². The number of carbonyl (C=O) groups excluding carboxylic acids is 1. The number of likely N-dealkylation sites (tertiary alicyclic amines) is 1. The molecule has 2 atom stereocenters. The lowest BCUT2D eigenvalue weighted by Crippen LogP contribution is -2.34. The van der Waals surface area contributed by atoms with Crippen LogP contribution in [0.2, 0.25) is 0 Å². The van der Waals surface area contributed by atoms with Gasteiger partial charge >= 0.3 is 55.6 Å². The minimum atomic E-state index is -5.08. The normalized spacial score (nSPS) is 16.9. The highest BCUT2D eigenvalue weighted by molar-refractivity contribution is 6.08. The number of benzene rings is 5. The Hall–Kier alpha value is -9.54. The van der Waals surface area contributed by atoms with Crippen LogP contribution < -0.4 is 5.32 Å². The lowest BCUT2D eigenvalue weighted by molar-refractivity contribution is -0.144. The lowest BCUT2D eigenvalue weighted by Gasteiger charge is -2.25. The van der Waals surface area contributed by atoms with Gasteiger partial charge in [-0.05, 0) is 136 Å². The summed E-state index contributed by atoms with van der Waals surface area (Å²) in [5.41, 5.74) is -14.1. The van der Waals surface area contributed by atoms with Gasteiger partial charge < -0.3 is 30.2 Å². The number of imidazole rings is 4. The van der Waals surface area contributed by atoms with Gasteiger partial charge in [0.2, 0.25) is 5.91 Å². The molecular weight excluding hydrogens is 1580 g/mol. The van der Waals surface area contributed by atoms with Gasteiger partial charge in [-0.1, -0.05) is 27.2 Å². The van der Waals surface area contributed by atoms with Gasteiger partial charge in [0.1, 0.15) is 51.1 Å². The number of aliphatic imine (C=N–C) groups is 2. The van der Waals surface area contributed by atoms with E-state index in [1.165, 1.54) is 4.90 Å². The summed E-state index contributed by atoms with van der Waals surface area (Å²) in [5.74, 6) is -2.28. The number of nitrogens with zero attached hydrogens (tertiary/aromatic N) is 7. The molecule has 5 N–H and O–H groups in total. The molecule has 0 aliphatic carbocycles. The molecule has 4 aromatic heterocycles. The van der Waals surface area contributed by atoms with Crippen LogP contribution in [0.15, 0.2) is 76.7 Å². The van der Waals surface area contributed by atoms with E-state index >= 15 is 0 Å². The monoisotopic (exact) mass is 1640 g/mol. The fourth-order valence-corrected chi connectivity index (χ4v) is 12.3. The Bertz CT molecular complexity index is 5000. The highest BCUT2D eigenvalue weighted by atomic mass is 19.4. The molecule has 42 heteroatoms. The van der Waals surface area contributed by atoms with Crippen molar-refractivity contribution in [3.8, 4) is 0 Å². The first kappa shape index (κ1) is 86.4. The second-order valence-electron chi connectivity index (χ2n) is 26.6. The SMILES string of the molecule is CC(F)(F)C1=NCC(c2nc3c(C(F)(F)F)cc(C(F)(F)F)cc3[nH]2)=C1.CCCCC1=Nc2cc(C(F)(F)F)cc(C(F)(F)F)c2C1.CCCc1nc2c(C(F)(F)F)cc(C(F)(F)F)cc2[nH]1.Cc1cc(C(F)(F)F)c2nc(C3C[C@@H](C)CN3)[nH]c2c1.O=C1CCCCN1Cc1nc2c(C(F)(F)F)cc(C(F)(F)F)cc2[nH]1. The molecule has 4 aliphatic rings. The number of aromatic nitrogens is 8. The summed E-state index contributed by atoms with van der Waals surface area (Å²) in [7, 11) is 0. The van der Waals surface area contributed by atoms with E-state index in [2.05, 4.69) is 62.1 Å². The van der Waals surface area contributed by atoms with E-state index in [1.807, 2.05) is 6.92 Å². The molecule has 0 bridgehead atoms. The molecule has 5 aromatic carbocycles. The minimum absolute atomic E-state index is 0.0128. The van der Waals surface area contributed by atoms with Crippen LogP contribution in [-0.2, 0) is 79.8 Å². The average molecular weight is 1640 g/mol. The molecule has 0 spiro atoms. The van der Waals surface area contributed by atoms with Crippen molar-refractivity contribution in [2.75, 3.05) is 19.6 Å².